The zero-order valence-electron chi connectivity index (χ0n) is 14.5. The van der Waals surface area contributed by atoms with Crippen molar-refractivity contribution < 1.29 is 14.3 Å². The highest BCUT2D eigenvalue weighted by Crippen LogP contribution is 2.31. The number of carboxylic acids is 1. The maximum atomic E-state index is 11.7. The predicted molar refractivity (Wildman–Crippen MR) is 106 cm³/mol. The Bertz CT molecular complexity index is 1210. The Balaban J connectivity index is 1.79. The van der Waals surface area contributed by atoms with Gasteiger partial charge in [0.25, 0.3) is 0 Å². The molecule has 4 rings (SSSR count). The fourth-order valence-electron chi connectivity index (χ4n) is 2.93. The first kappa shape index (κ1) is 17.2. The van der Waals surface area contributed by atoms with Gasteiger partial charge in [-0.2, -0.15) is 0 Å². The van der Waals surface area contributed by atoms with Gasteiger partial charge in [-0.25, -0.2) is 9.78 Å². The van der Waals surface area contributed by atoms with E-state index in [2.05, 4.69) is 4.98 Å². The fourth-order valence-corrected chi connectivity index (χ4v) is 3.94. The van der Waals surface area contributed by atoms with Crippen LogP contribution in [0.15, 0.2) is 51.7 Å². The molecule has 2 aromatic carbocycles. The first-order valence-electron chi connectivity index (χ1n) is 8.39. The molecule has 0 fully saturated rings. The third kappa shape index (κ3) is 3.41. The molecule has 0 atom stereocenters. The molecule has 27 heavy (non-hydrogen) atoms. The SMILES string of the molecule is Cn1c(=O)oc2cc(C=C(CCC(=O)O)c3nc4ccccc4s3)ccc21. The molecule has 6 nitrogen and oxygen atoms in total. The van der Waals surface area contributed by atoms with Crippen LogP contribution in [-0.4, -0.2) is 20.6 Å². The predicted octanol–water partition coefficient (Wildman–Crippen LogP) is 4.15. The summed E-state index contributed by atoms with van der Waals surface area (Å²) in [4.78, 5) is 27.4. The Morgan fingerprint density at radius 3 is 2.85 bits per heavy atom. The summed E-state index contributed by atoms with van der Waals surface area (Å²) in [7, 11) is 1.66. The monoisotopic (exact) mass is 380 g/mol. The molecule has 0 aliphatic carbocycles. The van der Waals surface area contributed by atoms with E-state index in [1.165, 1.54) is 15.9 Å². The lowest BCUT2D eigenvalue weighted by Gasteiger charge is -2.03. The molecule has 0 amide bonds. The number of aromatic nitrogens is 2. The number of fused-ring (bicyclic) bond motifs is 2. The van der Waals surface area contributed by atoms with Gasteiger partial charge in [-0.3, -0.25) is 9.36 Å². The van der Waals surface area contributed by atoms with Crippen molar-refractivity contribution in [3.63, 3.8) is 0 Å². The number of benzene rings is 2. The topological polar surface area (TPSA) is 85.3 Å². The summed E-state index contributed by atoms with van der Waals surface area (Å²) in [5.41, 5.74) is 3.78. The highest BCUT2D eigenvalue weighted by atomic mass is 32.1. The molecule has 0 aliphatic rings. The van der Waals surface area contributed by atoms with E-state index < -0.39 is 11.7 Å². The minimum atomic E-state index is -0.855. The zero-order chi connectivity index (χ0) is 19.0. The second-order valence-corrected chi connectivity index (χ2v) is 7.23. The Kier molecular flexibility index (Phi) is 4.37. The maximum Gasteiger partial charge on any atom is 0.419 e. The number of aryl methyl sites for hydroxylation is 1. The number of thiazole rings is 1. The lowest BCUT2D eigenvalue weighted by atomic mass is 10.1. The number of carbonyl (C=O) groups is 1. The number of para-hydroxylation sites is 1. The van der Waals surface area contributed by atoms with Crippen LogP contribution < -0.4 is 5.76 Å². The quantitative estimate of drug-likeness (QED) is 0.562. The van der Waals surface area contributed by atoms with Gasteiger partial charge in [-0.15, -0.1) is 11.3 Å². The zero-order valence-corrected chi connectivity index (χ0v) is 15.3. The van der Waals surface area contributed by atoms with Crippen LogP contribution in [0.25, 0.3) is 33.0 Å². The first-order valence-corrected chi connectivity index (χ1v) is 9.21. The summed E-state index contributed by atoms with van der Waals surface area (Å²) >= 11 is 1.54. The van der Waals surface area contributed by atoms with Crippen LogP contribution in [0.1, 0.15) is 23.4 Å². The van der Waals surface area contributed by atoms with Crippen LogP contribution in [0, 0.1) is 0 Å². The molecule has 0 saturated heterocycles. The lowest BCUT2D eigenvalue weighted by molar-refractivity contribution is -0.136. The van der Waals surface area contributed by atoms with E-state index >= 15 is 0 Å². The average molecular weight is 380 g/mol. The van der Waals surface area contributed by atoms with Gasteiger partial charge in [0.05, 0.1) is 15.7 Å². The van der Waals surface area contributed by atoms with Crippen molar-refractivity contribution in [1.82, 2.24) is 9.55 Å². The van der Waals surface area contributed by atoms with Crippen LogP contribution in [0.3, 0.4) is 0 Å². The molecule has 7 heteroatoms. The molecule has 0 unspecified atom stereocenters. The van der Waals surface area contributed by atoms with Crippen LogP contribution in [0.2, 0.25) is 0 Å². The van der Waals surface area contributed by atoms with E-state index in [0.717, 1.165) is 26.4 Å². The summed E-state index contributed by atoms with van der Waals surface area (Å²) < 4.78 is 7.74. The first-order chi connectivity index (χ1) is 13.0. The standard InChI is InChI=1S/C20H16N2O4S/c1-22-15-8-6-12(11-16(15)26-20(22)25)10-13(7-9-18(23)24)19-21-14-4-2-3-5-17(14)27-19/h2-6,8,10-11H,7,9H2,1H3,(H,23,24). The molecule has 0 spiro atoms. The minimum absolute atomic E-state index is 0.0183. The number of hydrogen-bond donors (Lipinski definition) is 1. The number of carboxylic acid groups (broad SMARTS) is 1. The smallest absolute Gasteiger partial charge is 0.419 e. The van der Waals surface area contributed by atoms with Gasteiger partial charge in [0.2, 0.25) is 0 Å². The summed E-state index contributed by atoms with van der Waals surface area (Å²) in [6, 6.07) is 13.3. The van der Waals surface area contributed by atoms with Gasteiger partial charge in [-0.1, -0.05) is 18.2 Å². The molecule has 0 aliphatic heterocycles. The van der Waals surface area contributed by atoms with E-state index in [4.69, 9.17) is 9.52 Å². The normalized spacial score (nSPS) is 12.1. The molecule has 4 aromatic rings. The van der Waals surface area contributed by atoms with Crippen molar-refractivity contribution >= 4 is 50.3 Å². The number of nitrogens with zero attached hydrogens (tertiary/aromatic N) is 2. The van der Waals surface area contributed by atoms with Crippen LogP contribution in [-0.2, 0) is 11.8 Å². The maximum absolute atomic E-state index is 11.7. The van der Waals surface area contributed by atoms with Gasteiger partial charge < -0.3 is 9.52 Å². The Morgan fingerprint density at radius 1 is 1.26 bits per heavy atom. The number of aliphatic carboxylic acids is 1. The van der Waals surface area contributed by atoms with E-state index in [0.29, 0.717) is 17.5 Å². The number of rotatable bonds is 5. The van der Waals surface area contributed by atoms with Gasteiger partial charge in [-0.05, 0) is 47.9 Å². The third-order valence-corrected chi connectivity index (χ3v) is 5.45. The summed E-state index contributed by atoms with van der Waals surface area (Å²) in [6.07, 6.45) is 2.30. The van der Waals surface area contributed by atoms with Gasteiger partial charge in [0.15, 0.2) is 5.58 Å². The summed E-state index contributed by atoms with van der Waals surface area (Å²) in [5.74, 6) is -1.27. The van der Waals surface area contributed by atoms with E-state index in [1.54, 1.807) is 13.1 Å². The second-order valence-electron chi connectivity index (χ2n) is 6.20. The van der Waals surface area contributed by atoms with Gasteiger partial charge in [0.1, 0.15) is 5.01 Å². The van der Waals surface area contributed by atoms with E-state index in [1.807, 2.05) is 42.5 Å². The van der Waals surface area contributed by atoms with Gasteiger partial charge >= 0.3 is 11.7 Å². The minimum Gasteiger partial charge on any atom is -0.481 e. The van der Waals surface area contributed by atoms with Crippen molar-refractivity contribution in [3.8, 4) is 0 Å². The lowest BCUT2D eigenvalue weighted by Crippen LogP contribution is -2.08. The second kappa shape index (κ2) is 6.85. The Labute approximate surface area is 158 Å². The number of allylic oxidation sites excluding steroid dienone is 1. The van der Waals surface area contributed by atoms with Crippen molar-refractivity contribution in [2.75, 3.05) is 0 Å². The molecule has 2 heterocycles. The molecule has 0 saturated carbocycles. The highest BCUT2D eigenvalue weighted by Gasteiger charge is 2.12. The Morgan fingerprint density at radius 2 is 2.07 bits per heavy atom. The van der Waals surface area contributed by atoms with Crippen molar-refractivity contribution in [2.45, 2.75) is 12.8 Å². The van der Waals surface area contributed by atoms with Crippen LogP contribution in [0.5, 0.6) is 0 Å². The number of hydrogen-bond acceptors (Lipinski definition) is 5. The largest absolute Gasteiger partial charge is 0.481 e. The molecular formula is C20H16N2O4S. The third-order valence-electron chi connectivity index (χ3n) is 4.33. The summed E-state index contributed by atoms with van der Waals surface area (Å²) in [6.45, 7) is 0. The van der Waals surface area contributed by atoms with Crippen molar-refractivity contribution in [3.05, 3.63) is 63.6 Å². The molecular weight excluding hydrogens is 364 g/mol. The molecule has 0 radical (unpaired) electrons. The number of oxazole rings is 1. The fraction of sp³-hybridized carbons (Fsp3) is 0.150. The van der Waals surface area contributed by atoms with Crippen molar-refractivity contribution in [1.29, 1.82) is 0 Å². The molecule has 2 aromatic heterocycles. The van der Waals surface area contributed by atoms with E-state index in [9.17, 15) is 9.59 Å². The van der Waals surface area contributed by atoms with Gasteiger partial charge in [0, 0.05) is 13.5 Å². The van der Waals surface area contributed by atoms with E-state index in [-0.39, 0.29) is 6.42 Å². The van der Waals surface area contributed by atoms with Crippen LogP contribution in [0.4, 0.5) is 0 Å². The molecule has 1 N–H and O–H groups in total. The highest BCUT2D eigenvalue weighted by molar-refractivity contribution is 7.19. The molecule has 0 bridgehead atoms. The Hall–Kier alpha value is -3.19. The molecule has 136 valence electrons. The summed E-state index contributed by atoms with van der Waals surface area (Å²) in [5, 5.41) is 9.89. The van der Waals surface area contributed by atoms with Crippen LogP contribution >= 0.6 is 11.3 Å². The average Bonchev–Trinajstić information content (AvgIpc) is 3.19. The van der Waals surface area contributed by atoms with Crippen molar-refractivity contribution in [2.24, 2.45) is 7.05 Å².